The fourth-order valence-electron chi connectivity index (χ4n) is 9.67. The molecule has 1 atom stereocenters. The van der Waals surface area contributed by atoms with Crippen molar-refractivity contribution in [1.82, 2.24) is 37.7 Å². The molecule has 5 heterocycles. The van der Waals surface area contributed by atoms with Crippen molar-refractivity contribution in [3.8, 4) is 0 Å². The van der Waals surface area contributed by atoms with Gasteiger partial charge in [-0.05, 0) is 99.4 Å². The second-order valence-electron chi connectivity index (χ2n) is 20.1. The van der Waals surface area contributed by atoms with Crippen LogP contribution in [0, 0.1) is 25.7 Å². The second kappa shape index (κ2) is 23.0. The Morgan fingerprint density at radius 2 is 1.14 bits per heavy atom. The molecule has 18 heteroatoms. The zero-order chi connectivity index (χ0) is 51.0. The van der Waals surface area contributed by atoms with Crippen molar-refractivity contribution >= 4 is 65.3 Å². The first-order valence-corrected chi connectivity index (χ1v) is 28.1. The molecule has 0 bridgehead atoms. The van der Waals surface area contributed by atoms with Gasteiger partial charge in [0.1, 0.15) is 24.3 Å². The van der Waals surface area contributed by atoms with Crippen molar-refractivity contribution < 1.29 is 21.6 Å². The number of nitrogens with one attached hydrogen (secondary N) is 3. The van der Waals surface area contributed by atoms with E-state index in [1.54, 1.807) is 66.9 Å². The SMILES string of the molecule is Cc1ccc(S(=O)(=O)n2ccc3c(NC4CCCCC4)ncnc32)cc1.Cc1ccc(S(=O)(=O)n2ccc3c(N[C@@H]4CCCN(C(=O)CNc5ccccc5CN(CC(C)C)CC(C)C)C4)ncnc32)cc1. The van der Waals surface area contributed by atoms with E-state index in [0.717, 1.165) is 67.5 Å². The highest BCUT2D eigenvalue weighted by molar-refractivity contribution is 7.90. The van der Waals surface area contributed by atoms with Crippen LogP contribution in [0.2, 0.25) is 0 Å². The summed E-state index contributed by atoms with van der Waals surface area (Å²) < 4.78 is 55.2. The van der Waals surface area contributed by atoms with Gasteiger partial charge >= 0.3 is 0 Å². The summed E-state index contributed by atoms with van der Waals surface area (Å²) in [5.41, 5.74) is 4.90. The van der Waals surface area contributed by atoms with Gasteiger partial charge < -0.3 is 20.9 Å². The van der Waals surface area contributed by atoms with E-state index in [-0.39, 0.29) is 28.3 Å². The summed E-state index contributed by atoms with van der Waals surface area (Å²) in [6.07, 6.45) is 13.6. The van der Waals surface area contributed by atoms with E-state index < -0.39 is 20.0 Å². The second-order valence-corrected chi connectivity index (χ2v) is 23.7. The van der Waals surface area contributed by atoms with Crippen molar-refractivity contribution in [3.63, 3.8) is 0 Å². The topological polar surface area (TPSA) is 189 Å². The Morgan fingerprint density at radius 3 is 1.67 bits per heavy atom. The van der Waals surface area contributed by atoms with Crippen molar-refractivity contribution in [2.24, 2.45) is 11.8 Å². The van der Waals surface area contributed by atoms with Gasteiger partial charge in [0.05, 0.1) is 27.1 Å². The van der Waals surface area contributed by atoms with Crippen LogP contribution in [0.4, 0.5) is 17.3 Å². The number of benzene rings is 3. The first-order valence-electron chi connectivity index (χ1n) is 25.2. The molecular formula is C54H69N11O5S2. The summed E-state index contributed by atoms with van der Waals surface area (Å²) in [4.78, 5) is 35.6. The van der Waals surface area contributed by atoms with Crippen LogP contribution in [-0.4, -0.2) is 105 Å². The van der Waals surface area contributed by atoms with Crippen molar-refractivity contribution in [2.45, 2.75) is 115 Å². The molecule has 1 saturated carbocycles. The highest BCUT2D eigenvalue weighted by atomic mass is 32.2. The number of carbonyl (C=O) groups is 1. The van der Waals surface area contributed by atoms with E-state index in [1.165, 1.54) is 51.6 Å². The smallest absolute Gasteiger partial charge is 0.269 e. The maximum absolute atomic E-state index is 13.4. The molecule has 382 valence electrons. The predicted octanol–water partition coefficient (Wildman–Crippen LogP) is 9.33. The minimum Gasteiger partial charge on any atom is -0.376 e. The fraction of sp³-hybridized carbons (Fsp3) is 0.426. The fourth-order valence-corrected chi connectivity index (χ4v) is 12.3. The van der Waals surface area contributed by atoms with Gasteiger partial charge in [0.25, 0.3) is 20.0 Å². The third-order valence-corrected chi connectivity index (χ3v) is 16.6. The number of amides is 1. The number of aromatic nitrogens is 6. The van der Waals surface area contributed by atoms with Gasteiger partial charge in [-0.2, -0.15) is 0 Å². The summed E-state index contributed by atoms with van der Waals surface area (Å²) in [5, 5.41) is 11.7. The van der Waals surface area contributed by atoms with E-state index in [1.807, 2.05) is 24.8 Å². The lowest BCUT2D eigenvalue weighted by molar-refractivity contribution is -0.130. The Labute approximate surface area is 424 Å². The van der Waals surface area contributed by atoms with E-state index in [4.69, 9.17) is 0 Å². The Bertz CT molecular complexity index is 3160. The molecule has 72 heavy (non-hydrogen) atoms. The zero-order valence-electron chi connectivity index (χ0n) is 42.3. The first kappa shape index (κ1) is 52.0. The summed E-state index contributed by atoms with van der Waals surface area (Å²) in [7, 11) is -7.51. The maximum Gasteiger partial charge on any atom is 0.269 e. The molecule has 3 aromatic carbocycles. The van der Waals surface area contributed by atoms with Crippen LogP contribution in [0.25, 0.3) is 22.1 Å². The molecular weight excluding hydrogens is 947 g/mol. The van der Waals surface area contributed by atoms with Crippen LogP contribution in [0.1, 0.15) is 89.3 Å². The Kier molecular flexibility index (Phi) is 16.6. The highest BCUT2D eigenvalue weighted by Gasteiger charge is 2.27. The monoisotopic (exact) mass is 1020 g/mol. The molecule has 9 rings (SSSR count). The van der Waals surface area contributed by atoms with E-state index in [9.17, 15) is 21.6 Å². The predicted molar refractivity (Wildman–Crippen MR) is 286 cm³/mol. The van der Waals surface area contributed by atoms with Crippen LogP contribution in [0.5, 0.6) is 0 Å². The molecule has 2 fully saturated rings. The Hall–Kier alpha value is -6.37. The van der Waals surface area contributed by atoms with Crippen molar-refractivity contribution in [2.75, 3.05) is 48.7 Å². The maximum atomic E-state index is 13.4. The normalized spacial score (nSPS) is 15.8. The number of para-hydroxylation sites is 1. The lowest BCUT2D eigenvalue weighted by Gasteiger charge is -2.34. The molecule has 0 unspecified atom stereocenters. The van der Waals surface area contributed by atoms with Crippen LogP contribution in [0.3, 0.4) is 0 Å². The van der Waals surface area contributed by atoms with E-state index in [2.05, 4.69) is 86.7 Å². The molecule has 1 amide bonds. The van der Waals surface area contributed by atoms with Crippen molar-refractivity contribution in [1.29, 1.82) is 0 Å². The van der Waals surface area contributed by atoms with Crippen LogP contribution in [-0.2, 0) is 31.4 Å². The Balaban J connectivity index is 0.000000224. The zero-order valence-corrected chi connectivity index (χ0v) is 44.0. The lowest BCUT2D eigenvalue weighted by atomic mass is 9.95. The standard InChI is InChI=1S/C35H47N7O3S.C19H22N4O2S/c1-25(2)20-40(21-26(3)4)22-28-9-6-7-11-32(28)36-19-33(43)41-17-8-10-29(23-41)39-34-31-16-18-42(35(31)38-24-37-34)46(44,45)30-14-12-27(5)13-15-30;1-14-7-9-16(10-8-14)26(24,25)23-12-11-17-18(20-13-21-19(17)23)22-15-5-3-2-4-6-15/h6-7,9,11-16,18,24-26,29,36H,8,10,17,19-23H2,1-5H3,(H,37,38,39);7-13,15H,2-6H2,1H3,(H,20,21,22)/t29-;/m1./s1. The number of carbonyl (C=O) groups excluding carboxylic acids is 1. The molecule has 4 aromatic heterocycles. The van der Waals surface area contributed by atoms with E-state index >= 15 is 0 Å². The number of nitrogens with zero attached hydrogens (tertiary/aromatic N) is 8. The number of hydrogen-bond donors (Lipinski definition) is 3. The largest absolute Gasteiger partial charge is 0.376 e. The van der Waals surface area contributed by atoms with Gasteiger partial charge in [0.15, 0.2) is 11.3 Å². The molecule has 0 spiro atoms. The van der Waals surface area contributed by atoms with Crippen molar-refractivity contribution in [3.05, 3.63) is 127 Å². The molecule has 3 N–H and O–H groups in total. The summed E-state index contributed by atoms with van der Waals surface area (Å²) in [5.74, 6) is 2.46. The van der Waals surface area contributed by atoms with Gasteiger partial charge in [0.2, 0.25) is 5.91 Å². The average Bonchev–Trinajstić information content (AvgIpc) is 4.02. The number of fused-ring (bicyclic) bond motifs is 2. The quantitative estimate of drug-likeness (QED) is 0.0784. The van der Waals surface area contributed by atoms with Gasteiger partial charge in [-0.25, -0.2) is 44.7 Å². The number of anilines is 3. The summed E-state index contributed by atoms with van der Waals surface area (Å²) >= 11 is 0. The highest BCUT2D eigenvalue weighted by Crippen LogP contribution is 2.30. The van der Waals surface area contributed by atoms with Gasteiger partial charge in [-0.3, -0.25) is 9.69 Å². The van der Waals surface area contributed by atoms with Crippen LogP contribution < -0.4 is 16.0 Å². The van der Waals surface area contributed by atoms with Gasteiger partial charge in [-0.1, -0.05) is 101 Å². The Morgan fingerprint density at radius 1 is 0.639 bits per heavy atom. The molecule has 0 radical (unpaired) electrons. The molecule has 2 aliphatic rings. The molecule has 1 saturated heterocycles. The van der Waals surface area contributed by atoms with Crippen LogP contribution in [0.15, 0.2) is 120 Å². The summed E-state index contributed by atoms with van der Waals surface area (Å²) in [6.45, 7) is 17.2. The molecule has 1 aliphatic carbocycles. The lowest BCUT2D eigenvalue weighted by Crippen LogP contribution is -2.47. The minimum atomic E-state index is -3.82. The molecule has 1 aliphatic heterocycles. The third kappa shape index (κ3) is 12.4. The number of piperidine rings is 1. The average molecular weight is 1020 g/mol. The number of likely N-dealkylation sites (tertiary alicyclic amines) is 1. The van der Waals surface area contributed by atoms with Gasteiger partial charge in [0, 0.05) is 62.9 Å². The van der Waals surface area contributed by atoms with Gasteiger partial charge in [-0.15, -0.1) is 0 Å². The number of aryl methyl sites for hydroxylation is 2. The van der Waals surface area contributed by atoms with E-state index in [0.29, 0.717) is 59.3 Å². The molecule has 16 nitrogen and oxygen atoms in total. The van der Waals surface area contributed by atoms with Crippen LogP contribution >= 0.6 is 0 Å². The summed E-state index contributed by atoms with van der Waals surface area (Å²) in [6, 6.07) is 25.7. The molecule has 7 aromatic rings. The first-order chi connectivity index (χ1) is 34.6. The number of hydrogen-bond acceptors (Lipinski definition) is 13. The number of rotatable bonds is 17. The minimum absolute atomic E-state index is 0.0271. The third-order valence-electron chi connectivity index (χ3n) is 13.2.